The van der Waals surface area contributed by atoms with Crippen LogP contribution in [0, 0.1) is 0 Å². The van der Waals surface area contributed by atoms with E-state index in [-0.39, 0.29) is 6.61 Å². The third kappa shape index (κ3) is 3.50. The second kappa shape index (κ2) is 7.89. The SMILES string of the molecule is CC.COc1cc(C2=N[C@@H](C=O)CO2)cc(Br)c1OC. The van der Waals surface area contributed by atoms with Crippen molar-refractivity contribution >= 4 is 28.1 Å². The average molecular weight is 344 g/mol. The average Bonchev–Trinajstić information content (AvgIpc) is 2.97. The Morgan fingerprint density at radius 2 is 2.05 bits per heavy atom. The standard InChI is InChI=1S/C12H12BrNO4.C2H6/c1-16-10-4-7(3-9(13)11(10)17-2)12-14-8(5-15)6-18-12;1-2/h3-5,8H,6H2,1-2H3;1-2H3/t8-;/m0./s1. The van der Waals surface area contributed by atoms with Crippen LogP contribution >= 0.6 is 15.9 Å². The number of rotatable bonds is 4. The van der Waals surface area contributed by atoms with E-state index in [1.165, 1.54) is 0 Å². The van der Waals surface area contributed by atoms with E-state index in [2.05, 4.69) is 20.9 Å². The van der Waals surface area contributed by atoms with Gasteiger partial charge in [0, 0.05) is 5.56 Å². The number of methoxy groups -OCH3 is 2. The van der Waals surface area contributed by atoms with E-state index < -0.39 is 6.04 Å². The first-order valence-electron chi connectivity index (χ1n) is 6.27. The van der Waals surface area contributed by atoms with Crippen LogP contribution in [-0.2, 0) is 9.53 Å². The van der Waals surface area contributed by atoms with Crippen molar-refractivity contribution < 1.29 is 19.0 Å². The third-order valence-corrected chi connectivity index (χ3v) is 3.10. The number of ether oxygens (including phenoxy) is 3. The predicted octanol–water partition coefficient (Wildman–Crippen LogP) is 2.84. The fraction of sp³-hybridized carbons (Fsp3) is 0.429. The maximum absolute atomic E-state index is 10.6. The van der Waals surface area contributed by atoms with Crippen molar-refractivity contribution in [3.05, 3.63) is 22.2 Å². The molecule has 1 atom stereocenters. The number of hydrogen-bond donors (Lipinski definition) is 0. The fourth-order valence-electron chi connectivity index (χ4n) is 1.66. The summed E-state index contributed by atoms with van der Waals surface area (Å²) in [4.78, 5) is 14.8. The van der Waals surface area contributed by atoms with Crippen molar-refractivity contribution in [3.8, 4) is 11.5 Å². The van der Waals surface area contributed by atoms with E-state index >= 15 is 0 Å². The number of carbonyl (C=O) groups is 1. The van der Waals surface area contributed by atoms with Crippen molar-refractivity contribution in [1.82, 2.24) is 0 Å². The van der Waals surface area contributed by atoms with Crippen molar-refractivity contribution in [2.75, 3.05) is 20.8 Å². The van der Waals surface area contributed by atoms with Crippen LogP contribution in [0.3, 0.4) is 0 Å². The van der Waals surface area contributed by atoms with E-state index in [1.54, 1.807) is 20.3 Å². The van der Waals surface area contributed by atoms with Gasteiger partial charge in [0.2, 0.25) is 5.90 Å². The van der Waals surface area contributed by atoms with Gasteiger partial charge >= 0.3 is 0 Å². The molecule has 0 unspecified atom stereocenters. The lowest BCUT2D eigenvalue weighted by Gasteiger charge is -2.11. The number of hydrogen-bond acceptors (Lipinski definition) is 5. The van der Waals surface area contributed by atoms with Gasteiger partial charge in [-0.2, -0.15) is 0 Å². The molecule has 5 nitrogen and oxygen atoms in total. The first kappa shape index (κ1) is 16.5. The highest BCUT2D eigenvalue weighted by Gasteiger charge is 2.21. The van der Waals surface area contributed by atoms with Gasteiger partial charge in [0.1, 0.15) is 18.9 Å². The lowest BCUT2D eigenvalue weighted by Crippen LogP contribution is -2.06. The molecule has 1 aromatic rings. The fourth-order valence-corrected chi connectivity index (χ4v) is 2.26. The summed E-state index contributed by atoms with van der Waals surface area (Å²) in [6, 6.07) is 3.15. The molecule has 1 aliphatic heterocycles. The van der Waals surface area contributed by atoms with Gasteiger partial charge in [-0.3, -0.25) is 0 Å². The molecule has 0 bridgehead atoms. The molecule has 0 aliphatic carbocycles. The molecule has 0 fully saturated rings. The second-order valence-electron chi connectivity index (χ2n) is 3.64. The van der Waals surface area contributed by atoms with Gasteiger partial charge in [0.15, 0.2) is 11.5 Å². The van der Waals surface area contributed by atoms with E-state index in [0.717, 1.165) is 16.3 Å². The van der Waals surface area contributed by atoms with E-state index in [4.69, 9.17) is 14.2 Å². The summed E-state index contributed by atoms with van der Waals surface area (Å²) in [5.74, 6) is 1.61. The largest absolute Gasteiger partial charge is 0.493 e. The van der Waals surface area contributed by atoms with Crippen LogP contribution in [0.5, 0.6) is 11.5 Å². The first-order valence-corrected chi connectivity index (χ1v) is 7.06. The molecule has 6 heteroatoms. The molecular formula is C14H18BrNO4. The Morgan fingerprint density at radius 3 is 2.55 bits per heavy atom. The summed E-state index contributed by atoms with van der Waals surface area (Å²) < 4.78 is 16.6. The number of halogens is 1. The van der Waals surface area contributed by atoms with Crippen LogP contribution in [-0.4, -0.2) is 39.1 Å². The van der Waals surface area contributed by atoms with Gasteiger partial charge in [-0.15, -0.1) is 0 Å². The van der Waals surface area contributed by atoms with Gasteiger partial charge in [-0.05, 0) is 28.1 Å². The number of nitrogens with zero attached hydrogens (tertiary/aromatic N) is 1. The second-order valence-corrected chi connectivity index (χ2v) is 4.50. The lowest BCUT2D eigenvalue weighted by molar-refractivity contribution is -0.109. The normalized spacial score (nSPS) is 16.4. The van der Waals surface area contributed by atoms with Crippen LogP contribution < -0.4 is 9.47 Å². The van der Waals surface area contributed by atoms with Crippen molar-refractivity contribution in [2.45, 2.75) is 19.9 Å². The molecule has 1 aliphatic rings. The van der Waals surface area contributed by atoms with Crippen LogP contribution in [0.25, 0.3) is 0 Å². The summed E-state index contributed by atoms with van der Waals surface area (Å²) in [5.41, 5.74) is 0.740. The summed E-state index contributed by atoms with van der Waals surface area (Å²) >= 11 is 3.39. The predicted molar refractivity (Wildman–Crippen MR) is 80.9 cm³/mol. The molecule has 110 valence electrons. The maximum Gasteiger partial charge on any atom is 0.217 e. The minimum Gasteiger partial charge on any atom is -0.493 e. The topological polar surface area (TPSA) is 57.1 Å². The summed E-state index contributed by atoms with van der Waals surface area (Å²) in [5, 5.41) is 0. The molecule has 1 aromatic carbocycles. The Bertz CT molecular complexity index is 502. The summed E-state index contributed by atoms with van der Waals surface area (Å²) in [6.45, 7) is 4.28. The number of benzene rings is 1. The third-order valence-electron chi connectivity index (χ3n) is 2.51. The molecule has 0 saturated heterocycles. The molecule has 0 aromatic heterocycles. The molecule has 0 saturated carbocycles. The van der Waals surface area contributed by atoms with Gasteiger partial charge in [-0.1, -0.05) is 13.8 Å². The number of aldehydes is 1. The highest BCUT2D eigenvalue weighted by Crippen LogP contribution is 2.36. The first-order chi connectivity index (χ1) is 9.69. The number of aliphatic imine (C=N–C) groups is 1. The molecule has 0 amide bonds. The van der Waals surface area contributed by atoms with Crippen molar-refractivity contribution in [2.24, 2.45) is 4.99 Å². The Morgan fingerprint density at radius 1 is 1.35 bits per heavy atom. The van der Waals surface area contributed by atoms with Crippen molar-refractivity contribution in [3.63, 3.8) is 0 Å². The molecule has 0 spiro atoms. The Kier molecular flexibility index (Phi) is 6.51. The highest BCUT2D eigenvalue weighted by molar-refractivity contribution is 9.10. The molecule has 20 heavy (non-hydrogen) atoms. The zero-order valence-electron chi connectivity index (χ0n) is 12.0. The number of carbonyl (C=O) groups excluding carboxylic acids is 1. The van der Waals surface area contributed by atoms with Gasteiger partial charge < -0.3 is 19.0 Å². The van der Waals surface area contributed by atoms with Crippen LogP contribution in [0.4, 0.5) is 0 Å². The smallest absolute Gasteiger partial charge is 0.217 e. The van der Waals surface area contributed by atoms with Crippen LogP contribution in [0.2, 0.25) is 0 Å². The van der Waals surface area contributed by atoms with E-state index in [9.17, 15) is 4.79 Å². The summed E-state index contributed by atoms with van der Waals surface area (Å²) in [6.07, 6.45) is 0.767. The zero-order valence-corrected chi connectivity index (χ0v) is 13.6. The lowest BCUT2D eigenvalue weighted by atomic mass is 10.2. The van der Waals surface area contributed by atoms with Gasteiger partial charge in [-0.25, -0.2) is 4.99 Å². The van der Waals surface area contributed by atoms with Crippen molar-refractivity contribution in [1.29, 1.82) is 0 Å². The molecule has 0 N–H and O–H groups in total. The van der Waals surface area contributed by atoms with E-state index in [0.29, 0.717) is 17.4 Å². The highest BCUT2D eigenvalue weighted by atomic mass is 79.9. The molecule has 1 heterocycles. The maximum atomic E-state index is 10.6. The molecule has 2 rings (SSSR count). The minimum absolute atomic E-state index is 0.283. The molecule has 0 radical (unpaired) electrons. The van der Waals surface area contributed by atoms with Crippen LogP contribution in [0.15, 0.2) is 21.6 Å². The van der Waals surface area contributed by atoms with Crippen LogP contribution in [0.1, 0.15) is 19.4 Å². The Hall–Kier alpha value is -1.56. The minimum atomic E-state index is -0.424. The van der Waals surface area contributed by atoms with E-state index in [1.807, 2.05) is 19.9 Å². The quantitative estimate of drug-likeness (QED) is 0.788. The summed E-state index contributed by atoms with van der Waals surface area (Å²) in [7, 11) is 3.12. The Balaban J connectivity index is 0.000000956. The molecular weight excluding hydrogens is 326 g/mol. The zero-order chi connectivity index (χ0) is 15.1. The monoisotopic (exact) mass is 343 g/mol. The van der Waals surface area contributed by atoms with Gasteiger partial charge in [0.05, 0.1) is 18.7 Å². The Labute approximate surface area is 127 Å². The van der Waals surface area contributed by atoms with Gasteiger partial charge in [0.25, 0.3) is 0 Å².